The second-order valence-corrected chi connectivity index (χ2v) is 6.36. The Labute approximate surface area is 124 Å². The summed E-state index contributed by atoms with van der Waals surface area (Å²) in [6.07, 6.45) is 0. The van der Waals surface area contributed by atoms with Crippen molar-refractivity contribution in [1.29, 1.82) is 0 Å². The van der Waals surface area contributed by atoms with Gasteiger partial charge in [-0.05, 0) is 12.1 Å². The lowest BCUT2D eigenvalue weighted by Gasteiger charge is -2.09. The molecule has 0 unspecified atom stereocenters. The van der Waals surface area contributed by atoms with Crippen LogP contribution in [0.4, 0.5) is 14.5 Å². The van der Waals surface area contributed by atoms with Crippen molar-refractivity contribution in [2.24, 2.45) is 0 Å². The lowest BCUT2D eigenvalue weighted by molar-refractivity contribution is -0.121. The minimum atomic E-state index is -4.27. The van der Waals surface area contributed by atoms with Gasteiger partial charge in [0.05, 0.1) is 18.1 Å². The first-order valence-corrected chi connectivity index (χ1v) is 7.87. The van der Waals surface area contributed by atoms with E-state index in [1.165, 1.54) is 7.11 Å². The Bertz CT molecular complexity index is 600. The number of anilines is 1. The summed E-state index contributed by atoms with van der Waals surface area (Å²) in [7, 11) is 2.15. The number of nitrogens with one attached hydrogen (secondary N) is 1. The Morgan fingerprint density at radius 1 is 1.29 bits per heavy atom. The number of hydrogen-bond acceptors (Lipinski definition) is 5. The molecule has 118 valence electrons. The Morgan fingerprint density at radius 3 is 2.33 bits per heavy atom. The highest BCUT2D eigenvalue weighted by Crippen LogP contribution is 2.25. The van der Waals surface area contributed by atoms with Gasteiger partial charge in [0, 0.05) is 17.8 Å². The van der Waals surface area contributed by atoms with E-state index in [1.54, 1.807) is 0 Å². The minimum absolute atomic E-state index is 0.137. The van der Waals surface area contributed by atoms with Gasteiger partial charge in [-0.25, -0.2) is 17.2 Å². The van der Waals surface area contributed by atoms with Crippen LogP contribution in [0.5, 0.6) is 0 Å². The molecule has 1 aromatic rings. The highest BCUT2D eigenvalue weighted by Gasteiger charge is 2.19. The van der Waals surface area contributed by atoms with Crippen molar-refractivity contribution in [3.8, 4) is 0 Å². The molecule has 0 atom stereocenters. The monoisotopic (exact) mass is 343 g/mol. The molecule has 0 aliphatic rings. The van der Waals surface area contributed by atoms with Crippen molar-refractivity contribution in [1.82, 2.24) is 0 Å². The maximum absolute atomic E-state index is 13.6. The van der Waals surface area contributed by atoms with Gasteiger partial charge in [-0.1, -0.05) is 0 Å². The summed E-state index contributed by atoms with van der Waals surface area (Å²) in [4.78, 5) is 10.7. The maximum atomic E-state index is 13.6. The van der Waals surface area contributed by atoms with E-state index in [1.807, 2.05) is 5.32 Å². The number of hydrogen-bond donors (Lipinski definition) is 1. The molecular weight excluding hydrogens is 332 g/mol. The number of rotatable bonds is 7. The van der Waals surface area contributed by atoms with Gasteiger partial charge in [-0.2, -0.15) is 0 Å². The molecule has 1 N–H and O–H groups in total. The molecule has 0 heterocycles. The van der Waals surface area contributed by atoms with E-state index < -0.39 is 43.8 Å². The first-order valence-electron chi connectivity index (χ1n) is 5.56. The second kappa shape index (κ2) is 7.64. The maximum Gasteiger partial charge on any atom is 0.261 e. The van der Waals surface area contributed by atoms with Crippen LogP contribution in [0, 0.1) is 11.6 Å². The molecule has 0 aliphatic heterocycles. The molecule has 0 aliphatic carbocycles. The Morgan fingerprint density at radius 2 is 1.86 bits per heavy atom. The molecule has 1 amide bonds. The van der Waals surface area contributed by atoms with Crippen LogP contribution in [0.15, 0.2) is 17.0 Å². The van der Waals surface area contributed by atoms with Crippen LogP contribution in [0.2, 0.25) is 0 Å². The summed E-state index contributed by atoms with van der Waals surface area (Å²) >= 11 is 0. The zero-order chi connectivity index (χ0) is 16.0. The number of carbonyl (C=O) groups excluding carboxylic acids is 1. The minimum Gasteiger partial charge on any atom is -0.382 e. The SMILES string of the molecule is COCCOCC(=O)Nc1c(F)cc(S(=O)(=O)Cl)cc1F. The summed E-state index contributed by atoms with van der Waals surface area (Å²) in [5.41, 5.74) is -0.778. The van der Waals surface area contributed by atoms with E-state index in [-0.39, 0.29) is 13.2 Å². The summed E-state index contributed by atoms with van der Waals surface area (Å²) in [6, 6.07) is 1.01. The van der Waals surface area contributed by atoms with Crippen molar-refractivity contribution in [2.75, 3.05) is 32.2 Å². The number of halogens is 3. The molecule has 0 fully saturated rings. The van der Waals surface area contributed by atoms with Crippen molar-refractivity contribution in [2.45, 2.75) is 4.90 Å². The first kappa shape index (κ1) is 17.8. The average molecular weight is 344 g/mol. The number of ether oxygens (including phenoxy) is 2. The third-order valence-corrected chi connectivity index (χ3v) is 3.56. The average Bonchev–Trinajstić information content (AvgIpc) is 2.37. The number of methoxy groups -OCH3 is 1. The van der Waals surface area contributed by atoms with E-state index in [4.69, 9.17) is 15.4 Å². The van der Waals surface area contributed by atoms with Crippen LogP contribution in [-0.4, -0.2) is 41.3 Å². The fourth-order valence-corrected chi connectivity index (χ4v) is 2.05. The summed E-state index contributed by atoms with van der Waals surface area (Å²) < 4.78 is 58.7. The number of amides is 1. The van der Waals surface area contributed by atoms with E-state index >= 15 is 0 Å². The highest BCUT2D eigenvalue weighted by atomic mass is 35.7. The van der Waals surface area contributed by atoms with Gasteiger partial charge >= 0.3 is 0 Å². The standard InChI is InChI=1S/C11H12ClF2NO5S/c1-19-2-3-20-6-10(16)15-11-8(13)4-7(5-9(11)14)21(12,17)18/h4-5H,2-3,6H2,1H3,(H,15,16). The molecule has 1 rings (SSSR count). The smallest absolute Gasteiger partial charge is 0.261 e. The second-order valence-electron chi connectivity index (χ2n) is 3.79. The fraction of sp³-hybridized carbons (Fsp3) is 0.364. The van der Waals surface area contributed by atoms with Gasteiger partial charge in [0.2, 0.25) is 0 Å². The summed E-state index contributed by atoms with van der Waals surface area (Å²) in [5.74, 6) is -3.33. The van der Waals surface area contributed by atoms with Gasteiger partial charge in [0.25, 0.3) is 15.0 Å². The molecule has 6 nitrogen and oxygen atoms in total. The molecule has 0 spiro atoms. The third kappa shape index (κ3) is 5.54. The van der Waals surface area contributed by atoms with Gasteiger partial charge in [0.1, 0.15) is 12.3 Å². The molecule has 0 saturated heterocycles. The van der Waals surface area contributed by atoms with E-state index in [0.717, 1.165) is 0 Å². The Hall–Kier alpha value is -1.29. The Kier molecular flexibility index (Phi) is 6.46. The molecular formula is C11H12ClF2NO5S. The molecule has 0 bridgehead atoms. The molecule has 10 heteroatoms. The van der Waals surface area contributed by atoms with Crippen LogP contribution in [0.1, 0.15) is 0 Å². The van der Waals surface area contributed by atoms with Crippen molar-refractivity contribution >= 4 is 31.3 Å². The molecule has 1 aromatic carbocycles. The highest BCUT2D eigenvalue weighted by molar-refractivity contribution is 8.13. The summed E-state index contributed by atoms with van der Waals surface area (Å²) in [6.45, 7) is -0.0333. The lowest BCUT2D eigenvalue weighted by Crippen LogP contribution is -2.21. The third-order valence-electron chi connectivity index (χ3n) is 2.23. The number of benzene rings is 1. The quantitative estimate of drug-likeness (QED) is 0.599. The van der Waals surface area contributed by atoms with Crippen LogP contribution < -0.4 is 5.32 Å². The van der Waals surface area contributed by atoms with Crippen LogP contribution in [0.25, 0.3) is 0 Å². The van der Waals surface area contributed by atoms with Gasteiger partial charge in [0.15, 0.2) is 11.6 Å². The van der Waals surface area contributed by atoms with Crippen LogP contribution >= 0.6 is 10.7 Å². The molecule has 0 radical (unpaired) electrons. The van der Waals surface area contributed by atoms with Gasteiger partial charge in [-0.3, -0.25) is 4.79 Å². The fourth-order valence-electron chi connectivity index (χ4n) is 1.29. The Balaban J connectivity index is 2.78. The topological polar surface area (TPSA) is 81.7 Å². The zero-order valence-electron chi connectivity index (χ0n) is 10.9. The van der Waals surface area contributed by atoms with E-state index in [9.17, 15) is 22.0 Å². The largest absolute Gasteiger partial charge is 0.382 e. The van der Waals surface area contributed by atoms with Gasteiger partial charge < -0.3 is 14.8 Å². The predicted molar refractivity (Wildman–Crippen MR) is 70.7 cm³/mol. The molecule has 0 saturated carbocycles. The van der Waals surface area contributed by atoms with Crippen molar-refractivity contribution in [3.63, 3.8) is 0 Å². The predicted octanol–water partition coefficient (Wildman–Crippen LogP) is 1.49. The molecule has 21 heavy (non-hydrogen) atoms. The van der Waals surface area contributed by atoms with E-state index in [0.29, 0.717) is 12.1 Å². The van der Waals surface area contributed by atoms with Crippen molar-refractivity contribution < 1.29 is 31.5 Å². The summed E-state index contributed by atoms with van der Waals surface area (Å²) in [5, 5.41) is 1.94. The molecule has 0 aromatic heterocycles. The lowest BCUT2D eigenvalue weighted by atomic mass is 10.3. The normalized spacial score (nSPS) is 11.4. The van der Waals surface area contributed by atoms with E-state index in [2.05, 4.69) is 4.74 Å². The van der Waals surface area contributed by atoms with Crippen LogP contribution in [-0.2, 0) is 23.3 Å². The van der Waals surface area contributed by atoms with Gasteiger partial charge in [-0.15, -0.1) is 0 Å². The zero-order valence-corrected chi connectivity index (χ0v) is 12.4. The van der Waals surface area contributed by atoms with Crippen LogP contribution in [0.3, 0.4) is 0 Å². The van der Waals surface area contributed by atoms with Crippen molar-refractivity contribution in [3.05, 3.63) is 23.8 Å². The first-order chi connectivity index (χ1) is 9.75. The number of carbonyl (C=O) groups is 1.